The number of nitrogens with one attached hydrogen (secondary N) is 1. The standard InChI is InChI=1S/C40H48ClN3O4S/c1-49(47,48)44(35-17-15-33(16-18-35)40-23-29-19-30(24-40)21-31(20-29)25-40)27-38(45)43(26-32-11-5-8-14-36(32)41)37(22-28-9-3-2-4-10-28)39(46)42-34-12-6-7-13-34/h2-5,8-11,14-18,29-31,34,37H,6-7,12-13,19-27H2,1H3,(H,42,46)/t29?,30?,31?,37-,40?/m1/s1. The highest BCUT2D eigenvalue weighted by atomic mass is 35.5. The first-order valence-electron chi connectivity index (χ1n) is 18.0. The van der Waals surface area contributed by atoms with Crippen molar-refractivity contribution in [1.82, 2.24) is 10.2 Å². The van der Waals surface area contributed by atoms with E-state index in [1.807, 2.05) is 60.7 Å². The molecule has 2 amide bonds. The number of benzene rings is 3. The highest BCUT2D eigenvalue weighted by Gasteiger charge is 2.51. The number of amides is 2. The molecule has 5 aliphatic carbocycles. The Kier molecular flexibility index (Phi) is 9.82. The minimum atomic E-state index is -3.85. The van der Waals surface area contributed by atoms with Crippen LogP contribution in [0.3, 0.4) is 0 Å². The van der Waals surface area contributed by atoms with Crippen LogP contribution in [-0.2, 0) is 38.0 Å². The highest BCUT2D eigenvalue weighted by Crippen LogP contribution is 2.60. The van der Waals surface area contributed by atoms with E-state index in [0.29, 0.717) is 16.3 Å². The van der Waals surface area contributed by atoms with Gasteiger partial charge in [0.05, 0.1) is 11.9 Å². The van der Waals surface area contributed by atoms with Crippen molar-refractivity contribution >= 4 is 39.1 Å². The van der Waals surface area contributed by atoms with Gasteiger partial charge in [-0.15, -0.1) is 0 Å². The first kappa shape index (κ1) is 34.1. The Hall–Kier alpha value is -3.36. The second-order valence-electron chi connectivity index (χ2n) is 15.3. The quantitative estimate of drug-likeness (QED) is 0.215. The summed E-state index contributed by atoms with van der Waals surface area (Å²) in [4.78, 5) is 30.2. The van der Waals surface area contributed by atoms with Gasteiger partial charge >= 0.3 is 0 Å². The Morgan fingerprint density at radius 1 is 0.857 bits per heavy atom. The molecule has 0 heterocycles. The minimum Gasteiger partial charge on any atom is -0.352 e. The predicted octanol–water partition coefficient (Wildman–Crippen LogP) is 7.27. The zero-order valence-electron chi connectivity index (χ0n) is 28.4. The summed E-state index contributed by atoms with van der Waals surface area (Å²) in [5, 5.41) is 3.69. The van der Waals surface area contributed by atoms with E-state index in [-0.39, 0.29) is 30.3 Å². The Morgan fingerprint density at radius 2 is 1.45 bits per heavy atom. The largest absolute Gasteiger partial charge is 0.352 e. The third-order valence-corrected chi connectivity index (χ3v) is 13.3. The van der Waals surface area contributed by atoms with Crippen molar-refractivity contribution in [3.8, 4) is 0 Å². The SMILES string of the molecule is CS(=O)(=O)N(CC(=O)N(Cc1ccccc1Cl)[C@H](Cc1ccccc1)C(=O)NC1CCCC1)c1ccc(C23CC4CC(CC(C4)C2)C3)cc1. The summed E-state index contributed by atoms with van der Waals surface area (Å²) in [6, 6.07) is 24.0. The van der Waals surface area contributed by atoms with Crippen molar-refractivity contribution < 1.29 is 18.0 Å². The molecule has 9 heteroatoms. The van der Waals surface area contributed by atoms with Crippen LogP contribution in [0.5, 0.6) is 0 Å². The lowest BCUT2D eigenvalue weighted by Gasteiger charge is -2.57. The molecular formula is C40H48ClN3O4S. The molecule has 5 saturated carbocycles. The van der Waals surface area contributed by atoms with E-state index < -0.39 is 28.5 Å². The van der Waals surface area contributed by atoms with E-state index in [1.54, 1.807) is 6.07 Å². The average molecular weight is 702 g/mol. The summed E-state index contributed by atoms with van der Waals surface area (Å²) in [7, 11) is -3.85. The predicted molar refractivity (Wildman–Crippen MR) is 195 cm³/mol. The second-order valence-corrected chi connectivity index (χ2v) is 17.6. The van der Waals surface area contributed by atoms with Gasteiger partial charge in [0.25, 0.3) is 0 Å². The number of carbonyl (C=O) groups excluding carboxylic acids is 2. The summed E-state index contributed by atoms with van der Waals surface area (Å²) in [6.07, 6.45) is 13.1. The minimum absolute atomic E-state index is 0.0584. The van der Waals surface area contributed by atoms with Crippen LogP contribution in [-0.4, -0.2) is 50.0 Å². The topological polar surface area (TPSA) is 86.8 Å². The summed E-state index contributed by atoms with van der Waals surface area (Å²) in [6.45, 7) is -0.362. The van der Waals surface area contributed by atoms with Gasteiger partial charge in [-0.1, -0.05) is 85.1 Å². The van der Waals surface area contributed by atoms with Crippen LogP contribution < -0.4 is 9.62 Å². The lowest BCUT2D eigenvalue weighted by Crippen LogP contribution is -2.54. The number of rotatable bonds is 12. The first-order valence-corrected chi connectivity index (χ1v) is 20.2. The van der Waals surface area contributed by atoms with Gasteiger partial charge in [0.15, 0.2) is 0 Å². The maximum Gasteiger partial charge on any atom is 0.244 e. The molecule has 3 aromatic carbocycles. The maximum atomic E-state index is 14.6. The molecule has 7 nitrogen and oxygen atoms in total. The highest BCUT2D eigenvalue weighted by molar-refractivity contribution is 7.92. The van der Waals surface area contributed by atoms with Gasteiger partial charge in [-0.3, -0.25) is 13.9 Å². The molecule has 260 valence electrons. The third kappa shape index (κ3) is 7.56. The van der Waals surface area contributed by atoms with Gasteiger partial charge in [-0.2, -0.15) is 0 Å². The average Bonchev–Trinajstić information content (AvgIpc) is 3.58. The Balaban J connectivity index is 1.19. The van der Waals surface area contributed by atoms with Gasteiger partial charge in [0, 0.05) is 24.0 Å². The Morgan fingerprint density at radius 3 is 2.04 bits per heavy atom. The van der Waals surface area contributed by atoms with Crippen LogP contribution in [0, 0.1) is 17.8 Å². The molecule has 0 aliphatic heterocycles. The summed E-state index contributed by atoms with van der Waals surface area (Å²) < 4.78 is 28.0. The molecular weight excluding hydrogens is 654 g/mol. The molecule has 3 aromatic rings. The second kappa shape index (κ2) is 14.1. The van der Waals surface area contributed by atoms with Crippen LogP contribution in [0.2, 0.25) is 5.02 Å². The molecule has 0 aromatic heterocycles. The van der Waals surface area contributed by atoms with Crippen LogP contribution >= 0.6 is 11.6 Å². The molecule has 0 saturated heterocycles. The molecule has 5 fully saturated rings. The number of sulfonamides is 1. The zero-order chi connectivity index (χ0) is 34.2. The van der Waals surface area contributed by atoms with Gasteiger partial charge in [-0.05, 0) is 109 Å². The molecule has 4 bridgehead atoms. The summed E-state index contributed by atoms with van der Waals surface area (Å²) in [5.74, 6) is 1.71. The van der Waals surface area contributed by atoms with Crippen molar-refractivity contribution in [2.24, 2.45) is 17.8 Å². The van der Waals surface area contributed by atoms with Crippen LogP contribution in [0.15, 0.2) is 78.9 Å². The van der Waals surface area contributed by atoms with Gasteiger partial charge in [-0.25, -0.2) is 8.42 Å². The van der Waals surface area contributed by atoms with Crippen molar-refractivity contribution in [1.29, 1.82) is 0 Å². The number of nitrogens with zero attached hydrogens (tertiary/aromatic N) is 2. The molecule has 1 atom stereocenters. The fourth-order valence-corrected chi connectivity index (χ4v) is 10.8. The maximum absolute atomic E-state index is 14.6. The van der Waals surface area contributed by atoms with Crippen molar-refractivity contribution in [2.45, 2.75) is 94.7 Å². The molecule has 0 unspecified atom stereocenters. The number of anilines is 1. The van der Waals surface area contributed by atoms with E-state index in [1.165, 1.54) is 53.3 Å². The van der Waals surface area contributed by atoms with E-state index in [0.717, 1.165) is 55.3 Å². The van der Waals surface area contributed by atoms with Crippen molar-refractivity contribution in [2.75, 3.05) is 17.1 Å². The number of hydrogen-bond acceptors (Lipinski definition) is 4. The number of halogens is 1. The van der Waals surface area contributed by atoms with Gasteiger partial charge < -0.3 is 10.2 Å². The monoisotopic (exact) mass is 701 g/mol. The Bertz CT molecular complexity index is 1720. The number of carbonyl (C=O) groups is 2. The number of hydrogen-bond donors (Lipinski definition) is 1. The third-order valence-electron chi connectivity index (χ3n) is 11.8. The van der Waals surface area contributed by atoms with E-state index in [2.05, 4.69) is 17.4 Å². The lowest BCUT2D eigenvalue weighted by molar-refractivity contribution is -0.140. The van der Waals surface area contributed by atoms with E-state index >= 15 is 0 Å². The molecule has 49 heavy (non-hydrogen) atoms. The van der Waals surface area contributed by atoms with Crippen LogP contribution in [0.4, 0.5) is 5.69 Å². The molecule has 5 aliphatic rings. The van der Waals surface area contributed by atoms with Gasteiger partial charge in [0.2, 0.25) is 21.8 Å². The normalized spacial score (nSPS) is 25.2. The van der Waals surface area contributed by atoms with E-state index in [9.17, 15) is 18.0 Å². The Labute approximate surface area is 296 Å². The summed E-state index contributed by atoms with van der Waals surface area (Å²) >= 11 is 6.61. The molecule has 0 spiro atoms. The lowest BCUT2D eigenvalue weighted by atomic mass is 9.48. The van der Waals surface area contributed by atoms with Crippen molar-refractivity contribution in [3.05, 3.63) is 101 Å². The molecule has 0 radical (unpaired) electrons. The summed E-state index contributed by atoms with van der Waals surface area (Å²) in [5.41, 5.74) is 3.53. The first-order chi connectivity index (χ1) is 23.6. The van der Waals surface area contributed by atoms with Gasteiger partial charge in [0.1, 0.15) is 12.6 Å². The fraction of sp³-hybridized carbons (Fsp3) is 0.500. The molecule has 1 N–H and O–H groups in total. The van der Waals surface area contributed by atoms with E-state index in [4.69, 9.17) is 11.6 Å². The smallest absolute Gasteiger partial charge is 0.244 e. The van der Waals surface area contributed by atoms with Crippen molar-refractivity contribution in [3.63, 3.8) is 0 Å². The molecule has 8 rings (SSSR count). The van der Waals surface area contributed by atoms with Crippen LogP contribution in [0.1, 0.15) is 80.9 Å². The zero-order valence-corrected chi connectivity index (χ0v) is 30.0. The fourth-order valence-electron chi connectivity index (χ4n) is 9.79. The van der Waals surface area contributed by atoms with Crippen LogP contribution in [0.25, 0.3) is 0 Å².